The third-order valence-electron chi connectivity index (χ3n) is 5.62. The Bertz CT molecular complexity index is 839. The number of aliphatic imine (C=N–C) groups is 1. The summed E-state index contributed by atoms with van der Waals surface area (Å²) in [6.07, 6.45) is 9.43. The Morgan fingerprint density at radius 2 is 2.11 bits per heavy atom. The van der Waals surface area contributed by atoms with Crippen LogP contribution in [0.3, 0.4) is 0 Å². The monoisotopic (exact) mass is 420 g/mol. The highest BCUT2D eigenvalue weighted by Gasteiger charge is 2.53. The van der Waals surface area contributed by atoms with E-state index in [9.17, 15) is 4.79 Å². The van der Waals surface area contributed by atoms with Gasteiger partial charge in [0.25, 0.3) is 0 Å². The van der Waals surface area contributed by atoms with Crippen molar-refractivity contribution in [3.05, 3.63) is 48.1 Å². The number of carbonyl (C=O) groups is 1. The van der Waals surface area contributed by atoms with E-state index >= 15 is 0 Å². The third kappa shape index (κ3) is 3.55. The summed E-state index contributed by atoms with van der Waals surface area (Å²) in [5.74, 6) is 2.64. The number of hydrogen-bond acceptors (Lipinski definition) is 5. The standard InChI is InChI=1S/C21H24N2O3S.ClH/c1-25-17-7-6-14(11-18(17)26-2)12-23-20(24)15-13-27-21-9-4-3-5-19(21)22-10-8-16(15)21;/h3-7,9,11,15-16H,8,10,12-13H2,1-2H3,(H,23,24);1H. The Morgan fingerprint density at radius 1 is 1.29 bits per heavy atom. The predicted octanol–water partition coefficient (Wildman–Crippen LogP) is 3.43. The number of halogens is 1. The van der Waals surface area contributed by atoms with Gasteiger partial charge in [0.2, 0.25) is 5.91 Å². The van der Waals surface area contributed by atoms with Crippen LogP contribution in [0.15, 0.2) is 47.5 Å². The Balaban J connectivity index is 0.00000225. The molecule has 5 nitrogen and oxygen atoms in total. The van der Waals surface area contributed by atoms with Gasteiger partial charge in [-0.25, -0.2) is 0 Å². The lowest BCUT2D eigenvalue weighted by Gasteiger charge is -2.38. The maximum absolute atomic E-state index is 13.0. The molecule has 1 aromatic carbocycles. The number of nitrogens with one attached hydrogen (secondary N) is 1. The molecule has 1 saturated heterocycles. The second kappa shape index (κ2) is 8.62. The van der Waals surface area contributed by atoms with Crippen molar-refractivity contribution in [2.24, 2.45) is 16.8 Å². The van der Waals surface area contributed by atoms with Gasteiger partial charge in [-0.3, -0.25) is 9.79 Å². The Hall–Kier alpha value is -1.92. The van der Waals surface area contributed by atoms with E-state index in [1.165, 1.54) is 0 Å². The quantitative estimate of drug-likeness (QED) is 0.792. The molecule has 3 unspecified atom stereocenters. The fourth-order valence-corrected chi connectivity index (χ4v) is 6.02. The molecule has 1 aromatic rings. The van der Waals surface area contributed by atoms with Gasteiger partial charge in [0.15, 0.2) is 11.5 Å². The van der Waals surface area contributed by atoms with Gasteiger partial charge in [0.1, 0.15) is 0 Å². The van der Waals surface area contributed by atoms with Crippen LogP contribution in [-0.4, -0.2) is 42.9 Å². The first kappa shape index (κ1) is 20.8. The average molecular weight is 421 g/mol. The second-order valence-electron chi connectivity index (χ2n) is 7.00. The first-order valence-electron chi connectivity index (χ1n) is 9.21. The maximum Gasteiger partial charge on any atom is 0.224 e. The first-order valence-corrected chi connectivity index (χ1v) is 10.2. The predicted molar refractivity (Wildman–Crippen MR) is 116 cm³/mol. The van der Waals surface area contributed by atoms with Gasteiger partial charge in [-0.1, -0.05) is 24.3 Å². The number of ether oxygens (including phenoxy) is 2. The number of benzene rings is 1. The summed E-state index contributed by atoms with van der Waals surface area (Å²) in [4.78, 5) is 17.7. The molecule has 1 amide bonds. The van der Waals surface area contributed by atoms with Gasteiger partial charge >= 0.3 is 0 Å². The number of amides is 1. The van der Waals surface area contributed by atoms with E-state index in [2.05, 4.69) is 23.5 Å². The number of hydrogen-bond donors (Lipinski definition) is 1. The van der Waals surface area contributed by atoms with Crippen LogP contribution < -0.4 is 14.8 Å². The van der Waals surface area contributed by atoms with Crippen LogP contribution in [0, 0.1) is 11.8 Å². The van der Waals surface area contributed by atoms with Gasteiger partial charge in [-0.05, 0) is 36.1 Å². The number of rotatable bonds is 5. The molecule has 2 heterocycles. The van der Waals surface area contributed by atoms with Crippen LogP contribution in [0.1, 0.15) is 12.0 Å². The number of nitrogens with zero attached hydrogens (tertiary/aromatic N) is 1. The van der Waals surface area contributed by atoms with Crippen molar-refractivity contribution in [3.63, 3.8) is 0 Å². The van der Waals surface area contributed by atoms with E-state index in [1.54, 1.807) is 14.2 Å². The van der Waals surface area contributed by atoms with Gasteiger partial charge in [-0.2, -0.15) is 0 Å². The fourth-order valence-electron chi connectivity index (χ4n) is 4.23. The van der Waals surface area contributed by atoms with Gasteiger partial charge in [0, 0.05) is 18.8 Å². The SMILES string of the molecule is COc1ccc(CNC(=O)C2CSC34C=CC=CC3=NCCC24)cc1OC.Cl. The highest BCUT2D eigenvalue weighted by molar-refractivity contribution is 8.02. The zero-order valence-corrected chi connectivity index (χ0v) is 17.6. The minimum Gasteiger partial charge on any atom is -0.493 e. The minimum atomic E-state index is -0.113. The summed E-state index contributed by atoms with van der Waals surface area (Å²) >= 11 is 1.86. The Kier molecular flexibility index (Phi) is 6.40. The smallest absolute Gasteiger partial charge is 0.224 e. The molecule has 0 saturated carbocycles. The van der Waals surface area contributed by atoms with E-state index in [-0.39, 0.29) is 29.0 Å². The van der Waals surface area contributed by atoms with Crippen molar-refractivity contribution >= 4 is 35.8 Å². The molecule has 3 aliphatic rings. The summed E-state index contributed by atoms with van der Waals surface area (Å²) in [5, 5.41) is 3.12. The average Bonchev–Trinajstić information content (AvgIpc) is 3.09. The molecule has 0 aromatic heterocycles. The van der Waals surface area contributed by atoms with Crippen molar-refractivity contribution in [1.29, 1.82) is 0 Å². The van der Waals surface area contributed by atoms with E-state index in [0.29, 0.717) is 24.0 Å². The lowest BCUT2D eigenvalue weighted by molar-refractivity contribution is -0.125. The molecular weight excluding hydrogens is 396 g/mol. The molecule has 0 radical (unpaired) electrons. The molecule has 4 rings (SSSR count). The summed E-state index contributed by atoms with van der Waals surface area (Å²) in [5.41, 5.74) is 2.12. The Morgan fingerprint density at radius 3 is 2.89 bits per heavy atom. The molecule has 2 aliphatic heterocycles. The van der Waals surface area contributed by atoms with E-state index < -0.39 is 0 Å². The number of methoxy groups -OCH3 is 2. The lowest BCUT2D eigenvalue weighted by Crippen LogP contribution is -2.46. The number of carbonyl (C=O) groups excluding carboxylic acids is 1. The highest BCUT2D eigenvalue weighted by atomic mass is 35.5. The zero-order chi connectivity index (χ0) is 18.9. The van der Waals surface area contributed by atoms with E-state index in [1.807, 2.05) is 36.0 Å². The normalized spacial score (nSPS) is 27.1. The van der Waals surface area contributed by atoms with Crippen molar-refractivity contribution in [2.45, 2.75) is 17.7 Å². The van der Waals surface area contributed by atoms with Gasteiger partial charge in [0.05, 0.1) is 30.6 Å². The Labute approximate surface area is 176 Å². The summed E-state index contributed by atoms with van der Waals surface area (Å²) in [6.45, 7) is 1.29. The third-order valence-corrected chi connectivity index (χ3v) is 7.27. The lowest BCUT2D eigenvalue weighted by atomic mass is 9.74. The number of allylic oxidation sites excluding steroid dienone is 3. The molecule has 150 valence electrons. The molecule has 0 bridgehead atoms. The minimum absolute atomic E-state index is 0. The summed E-state index contributed by atoms with van der Waals surface area (Å²) in [7, 11) is 3.23. The molecule has 1 spiro atoms. The largest absolute Gasteiger partial charge is 0.493 e. The molecule has 3 atom stereocenters. The number of thioether (sulfide) groups is 1. The zero-order valence-electron chi connectivity index (χ0n) is 16.0. The van der Waals surface area contributed by atoms with Crippen LogP contribution in [0.2, 0.25) is 0 Å². The van der Waals surface area contributed by atoms with Crippen LogP contribution in [0.25, 0.3) is 0 Å². The second-order valence-corrected chi connectivity index (χ2v) is 8.30. The molecule has 1 aliphatic carbocycles. The van der Waals surface area contributed by atoms with Gasteiger partial charge in [-0.15, -0.1) is 24.2 Å². The van der Waals surface area contributed by atoms with Crippen molar-refractivity contribution in [3.8, 4) is 11.5 Å². The molecular formula is C21H25ClN2O3S. The fraction of sp³-hybridized carbons (Fsp3) is 0.429. The van der Waals surface area contributed by atoms with E-state index in [4.69, 9.17) is 14.5 Å². The van der Waals surface area contributed by atoms with Crippen LogP contribution in [0.4, 0.5) is 0 Å². The van der Waals surface area contributed by atoms with Crippen molar-refractivity contribution in [2.75, 3.05) is 26.5 Å². The first-order chi connectivity index (χ1) is 13.2. The summed E-state index contributed by atoms with van der Waals surface area (Å²) in [6, 6.07) is 5.72. The highest BCUT2D eigenvalue weighted by Crippen LogP contribution is 2.52. The molecule has 28 heavy (non-hydrogen) atoms. The van der Waals surface area contributed by atoms with Gasteiger partial charge < -0.3 is 14.8 Å². The maximum atomic E-state index is 13.0. The van der Waals surface area contributed by atoms with Crippen molar-refractivity contribution in [1.82, 2.24) is 5.32 Å². The molecule has 1 fully saturated rings. The van der Waals surface area contributed by atoms with Crippen LogP contribution in [-0.2, 0) is 11.3 Å². The van der Waals surface area contributed by atoms with Crippen LogP contribution in [0.5, 0.6) is 11.5 Å². The molecule has 7 heteroatoms. The topological polar surface area (TPSA) is 59.9 Å². The molecule has 1 N–H and O–H groups in total. The summed E-state index contributed by atoms with van der Waals surface area (Å²) < 4.78 is 10.5. The van der Waals surface area contributed by atoms with E-state index in [0.717, 1.165) is 30.0 Å². The van der Waals surface area contributed by atoms with Crippen molar-refractivity contribution < 1.29 is 14.3 Å². The van der Waals surface area contributed by atoms with Crippen LogP contribution >= 0.6 is 24.2 Å².